The van der Waals surface area contributed by atoms with E-state index in [1.54, 1.807) is 13.8 Å². The molecule has 2 atom stereocenters. The minimum absolute atomic E-state index is 0. The van der Waals surface area contributed by atoms with Gasteiger partial charge in [-0.25, -0.2) is 0 Å². The van der Waals surface area contributed by atoms with Crippen molar-refractivity contribution >= 4 is 0 Å². The number of hydrogen-bond donors (Lipinski definition) is 2. The first-order valence-electron chi connectivity index (χ1n) is 4.08. The summed E-state index contributed by atoms with van der Waals surface area (Å²) in [5, 5.41) is 16.7. The Morgan fingerprint density at radius 3 is 1.08 bits per heavy atom. The van der Waals surface area contributed by atoms with Crippen molar-refractivity contribution in [2.24, 2.45) is 0 Å². The Bertz CT molecular complexity index is 59.9. The normalized spacial score (nSPS) is 11.8. The Balaban J connectivity index is -0.0000000491. The quantitative estimate of drug-likeness (QED) is 0.712. The van der Waals surface area contributed by atoms with Gasteiger partial charge in [-0.1, -0.05) is 13.8 Å². The van der Waals surface area contributed by atoms with Crippen LogP contribution in [0.5, 0.6) is 0 Å². The second kappa shape index (κ2) is 22.8. The van der Waals surface area contributed by atoms with Crippen LogP contribution in [0.15, 0.2) is 0 Å². The number of aliphatic hydroxyl groups excluding tert-OH is 2. The van der Waals surface area contributed by atoms with Crippen LogP contribution >= 0.6 is 0 Å². The molecule has 0 aromatic carbocycles. The Morgan fingerprint density at radius 2 is 1.08 bits per heavy atom. The van der Waals surface area contributed by atoms with Crippen molar-refractivity contribution in [2.75, 3.05) is 0 Å². The van der Waals surface area contributed by atoms with Gasteiger partial charge in [-0.3, -0.25) is 0 Å². The topological polar surface area (TPSA) is 57.5 Å². The first-order chi connectivity index (χ1) is 5.54. The Hall–Kier alpha value is 0.304. The molecule has 0 aromatic heterocycles. The van der Waals surface area contributed by atoms with Crippen LogP contribution in [-0.2, 0) is 21.0 Å². The fourth-order valence-electron chi connectivity index (χ4n) is 0. The predicted octanol–water partition coefficient (Wildman–Crippen LogP) is 1.88. The molecule has 13 heavy (non-hydrogen) atoms. The molecule has 0 fully saturated rings. The van der Waals surface area contributed by atoms with Gasteiger partial charge in [-0.05, 0) is 26.7 Å². The molecule has 0 saturated heterocycles. The van der Waals surface area contributed by atoms with Crippen molar-refractivity contribution in [2.45, 2.75) is 52.7 Å². The summed E-state index contributed by atoms with van der Waals surface area (Å²) >= 11 is 1.06. The van der Waals surface area contributed by atoms with Gasteiger partial charge in [-0.2, -0.15) is 0 Å². The van der Waals surface area contributed by atoms with Crippen LogP contribution in [0.3, 0.4) is 0 Å². The molecule has 3 nitrogen and oxygen atoms in total. The maximum absolute atomic E-state index is 8.36. The molecule has 0 amide bonds. The molecule has 83 valence electrons. The van der Waals surface area contributed by atoms with Crippen LogP contribution in [0.2, 0.25) is 0 Å². The summed E-state index contributed by atoms with van der Waals surface area (Å²) in [6.45, 7) is 7.45. The summed E-state index contributed by atoms with van der Waals surface area (Å²) in [5.41, 5.74) is 0. The molecule has 0 radical (unpaired) electrons. The van der Waals surface area contributed by atoms with Gasteiger partial charge in [0.25, 0.3) is 0 Å². The Labute approximate surface area is 91.8 Å². The standard InChI is InChI=1S/2C4H10O.CH3.O.V/c2*1-3-4(2)5;;;/h2*4-5H,3H2,1-2H3;1H3;;/q;;-1;;. The van der Waals surface area contributed by atoms with Crippen molar-refractivity contribution < 1.29 is 31.3 Å². The summed E-state index contributed by atoms with van der Waals surface area (Å²) < 4.78 is 8.19. The second-order valence-corrected chi connectivity index (χ2v) is 2.51. The summed E-state index contributed by atoms with van der Waals surface area (Å²) in [4.78, 5) is 0. The fraction of sp³-hybridized carbons (Fsp3) is 0.889. The molecule has 2 unspecified atom stereocenters. The second-order valence-electron chi connectivity index (χ2n) is 2.51. The molecular formula is C9H23O3V-. The molecule has 0 aliphatic heterocycles. The average Bonchev–Trinajstić information content (AvgIpc) is 2.09. The summed E-state index contributed by atoms with van der Waals surface area (Å²) in [5.74, 6) is 0. The molecule has 0 aromatic rings. The molecule has 0 bridgehead atoms. The summed E-state index contributed by atoms with van der Waals surface area (Å²) in [7, 11) is 0. The van der Waals surface area contributed by atoms with Crippen molar-refractivity contribution in [1.82, 2.24) is 0 Å². The molecule has 0 aliphatic rings. The number of aliphatic hydroxyl groups is 2. The maximum atomic E-state index is 8.36. The third kappa shape index (κ3) is 70.5. The van der Waals surface area contributed by atoms with Crippen LogP contribution in [-0.4, -0.2) is 22.4 Å². The molecule has 0 spiro atoms. The zero-order chi connectivity index (χ0) is 10.6. The van der Waals surface area contributed by atoms with Crippen molar-refractivity contribution in [1.29, 1.82) is 0 Å². The van der Waals surface area contributed by atoms with Crippen LogP contribution < -0.4 is 0 Å². The predicted molar refractivity (Wildman–Crippen MR) is 51.0 cm³/mol. The van der Waals surface area contributed by atoms with E-state index in [1.807, 2.05) is 13.8 Å². The average molecular weight is 230 g/mol. The molecule has 0 saturated carbocycles. The van der Waals surface area contributed by atoms with Gasteiger partial charge in [0.15, 0.2) is 0 Å². The minimum atomic E-state index is -0.116. The van der Waals surface area contributed by atoms with Gasteiger partial charge >= 0.3 is 21.0 Å². The zero-order valence-corrected chi connectivity index (χ0v) is 10.7. The van der Waals surface area contributed by atoms with Gasteiger partial charge in [0.05, 0.1) is 12.2 Å². The van der Waals surface area contributed by atoms with Crippen LogP contribution in [0, 0.1) is 7.43 Å². The van der Waals surface area contributed by atoms with E-state index in [0.29, 0.717) is 0 Å². The van der Waals surface area contributed by atoms with E-state index in [9.17, 15) is 0 Å². The van der Waals surface area contributed by atoms with Crippen LogP contribution in [0.1, 0.15) is 40.5 Å². The van der Waals surface area contributed by atoms with Crippen molar-refractivity contribution in [3.05, 3.63) is 7.43 Å². The third-order valence-electron chi connectivity index (χ3n) is 1.18. The molecule has 0 heterocycles. The third-order valence-corrected chi connectivity index (χ3v) is 1.18. The van der Waals surface area contributed by atoms with E-state index in [1.165, 1.54) is 0 Å². The molecular weight excluding hydrogens is 207 g/mol. The van der Waals surface area contributed by atoms with Crippen LogP contribution in [0.25, 0.3) is 0 Å². The van der Waals surface area contributed by atoms with Crippen LogP contribution in [0.4, 0.5) is 0 Å². The molecule has 2 N–H and O–H groups in total. The summed E-state index contributed by atoms with van der Waals surface area (Å²) in [6.07, 6.45) is 1.49. The van der Waals surface area contributed by atoms with Gasteiger partial charge in [0, 0.05) is 0 Å². The van der Waals surface area contributed by atoms with Gasteiger partial charge < -0.3 is 17.6 Å². The van der Waals surface area contributed by atoms with E-state index in [0.717, 1.165) is 30.2 Å². The number of hydrogen-bond acceptors (Lipinski definition) is 3. The van der Waals surface area contributed by atoms with Gasteiger partial charge in [0.1, 0.15) is 0 Å². The number of rotatable bonds is 2. The summed E-state index contributed by atoms with van der Waals surface area (Å²) in [6, 6.07) is 0. The fourth-order valence-corrected chi connectivity index (χ4v) is 0. The monoisotopic (exact) mass is 230 g/mol. The first-order valence-corrected chi connectivity index (χ1v) is 4.65. The van der Waals surface area contributed by atoms with E-state index in [4.69, 9.17) is 13.9 Å². The van der Waals surface area contributed by atoms with Gasteiger partial charge in [0.2, 0.25) is 0 Å². The van der Waals surface area contributed by atoms with E-state index >= 15 is 0 Å². The Morgan fingerprint density at radius 1 is 1.00 bits per heavy atom. The van der Waals surface area contributed by atoms with Crippen molar-refractivity contribution in [3.63, 3.8) is 0 Å². The van der Waals surface area contributed by atoms with Crippen molar-refractivity contribution in [3.8, 4) is 0 Å². The molecule has 0 aliphatic carbocycles. The van der Waals surface area contributed by atoms with E-state index in [-0.39, 0.29) is 19.6 Å². The van der Waals surface area contributed by atoms with Gasteiger partial charge in [-0.15, -0.1) is 0 Å². The first kappa shape index (κ1) is 23.3. The SMILES string of the molecule is CCC(C)O.CCC(C)O.[CH3-].[O]=[V]. The van der Waals surface area contributed by atoms with E-state index < -0.39 is 0 Å². The molecule has 0 rings (SSSR count). The molecule has 4 heteroatoms. The zero-order valence-electron chi connectivity index (χ0n) is 9.32. The Kier molecular flexibility index (Phi) is 40.8. The van der Waals surface area contributed by atoms with E-state index in [2.05, 4.69) is 0 Å².